The summed E-state index contributed by atoms with van der Waals surface area (Å²) in [6, 6.07) is 0. The molecule has 102 valence electrons. The van der Waals surface area contributed by atoms with E-state index in [-0.39, 0.29) is 18.4 Å². The fourth-order valence-electron chi connectivity index (χ4n) is 2.32. The number of thioether (sulfide) groups is 1. The Morgan fingerprint density at radius 1 is 1.44 bits per heavy atom. The Bertz CT molecular complexity index is 346. The fraction of sp³-hybridized carbons (Fsp3) is 0.833. The molecule has 2 aliphatic heterocycles. The van der Waals surface area contributed by atoms with Crippen molar-refractivity contribution >= 4 is 23.6 Å². The Labute approximate surface area is 112 Å². The molecule has 2 fully saturated rings. The van der Waals surface area contributed by atoms with Crippen molar-refractivity contribution < 1.29 is 14.7 Å². The van der Waals surface area contributed by atoms with Crippen LogP contribution in [0, 0.1) is 0 Å². The highest BCUT2D eigenvalue weighted by Gasteiger charge is 2.29. The highest BCUT2D eigenvalue weighted by atomic mass is 32.2. The second kappa shape index (κ2) is 5.48. The van der Waals surface area contributed by atoms with Crippen LogP contribution in [0.1, 0.15) is 26.2 Å². The van der Waals surface area contributed by atoms with Gasteiger partial charge in [-0.2, -0.15) is 0 Å². The highest BCUT2D eigenvalue weighted by Crippen LogP contribution is 2.22. The van der Waals surface area contributed by atoms with Crippen molar-refractivity contribution in [3.8, 4) is 0 Å². The first-order valence-electron chi connectivity index (χ1n) is 6.34. The molecular formula is C12H20N2O3S. The Kier molecular flexibility index (Phi) is 4.17. The molecule has 0 radical (unpaired) electrons. The number of hydrogen-bond acceptors (Lipinski definition) is 4. The van der Waals surface area contributed by atoms with Crippen molar-refractivity contribution in [2.45, 2.75) is 31.8 Å². The molecule has 0 spiro atoms. The summed E-state index contributed by atoms with van der Waals surface area (Å²) >= 11 is 1.55. The van der Waals surface area contributed by atoms with E-state index in [9.17, 15) is 14.7 Å². The number of carbonyl (C=O) groups is 2. The Morgan fingerprint density at radius 2 is 2.22 bits per heavy atom. The van der Waals surface area contributed by atoms with Crippen LogP contribution in [0.15, 0.2) is 0 Å². The van der Waals surface area contributed by atoms with Gasteiger partial charge in [0.05, 0.1) is 17.2 Å². The number of hydrogen-bond donors (Lipinski definition) is 1. The molecule has 1 atom stereocenters. The third-order valence-corrected chi connectivity index (χ3v) is 4.51. The zero-order chi connectivity index (χ0) is 13.2. The average molecular weight is 272 g/mol. The molecular weight excluding hydrogens is 252 g/mol. The van der Waals surface area contributed by atoms with E-state index in [0.29, 0.717) is 31.1 Å². The lowest BCUT2D eigenvalue weighted by Crippen LogP contribution is -2.41. The average Bonchev–Trinajstić information content (AvgIpc) is 2.59. The van der Waals surface area contributed by atoms with Gasteiger partial charge < -0.3 is 14.9 Å². The van der Waals surface area contributed by atoms with E-state index in [1.54, 1.807) is 21.6 Å². The summed E-state index contributed by atoms with van der Waals surface area (Å²) in [4.78, 5) is 26.9. The summed E-state index contributed by atoms with van der Waals surface area (Å²) < 4.78 is 0. The molecule has 1 N–H and O–H groups in total. The SMILES string of the molecule is CC1(O)CCCN(C(=O)CN2CSCC2=O)CC1. The van der Waals surface area contributed by atoms with Crippen LogP contribution in [-0.2, 0) is 9.59 Å². The molecule has 0 aromatic rings. The van der Waals surface area contributed by atoms with E-state index < -0.39 is 5.60 Å². The van der Waals surface area contributed by atoms with Gasteiger partial charge in [0.15, 0.2) is 0 Å². The molecule has 6 heteroatoms. The first-order valence-corrected chi connectivity index (χ1v) is 7.49. The van der Waals surface area contributed by atoms with E-state index in [0.717, 1.165) is 12.8 Å². The van der Waals surface area contributed by atoms with Gasteiger partial charge in [-0.3, -0.25) is 9.59 Å². The van der Waals surface area contributed by atoms with Gasteiger partial charge in [0, 0.05) is 13.1 Å². The predicted octanol–water partition coefficient (Wildman–Crippen LogP) is 0.283. The van der Waals surface area contributed by atoms with Crippen molar-refractivity contribution in [1.82, 2.24) is 9.80 Å². The molecule has 2 rings (SSSR count). The number of carbonyl (C=O) groups excluding carboxylic acids is 2. The number of nitrogens with zero attached hydrogens (tertiary/aromatic N) is 2. The number of likely N-dealkylation sites (tertiary alicyclic amines) is 1. The summed E-state index contributed by atoms with van der Waals surface area (Å²) in [5.74, 6) is 1.16. The number of rotatable bonds is 2. The maximum Gasteiger partial charge on any atom is 0.242 e. The lowest BCUT2D eigenvalue weighted by molar-refractivity contribution is -0.138. The number of amides is 2. The Balaban J connectivity index is 1.87. The minimum atomic E-state index is -0.658. The van der Waals surface area contributed by atoms with Crippen LogP contribution in [0.4, 0.5) is 0 Å². The molecule has 1 unspecified atom stereocenters. The maximum absolute atomic E-state index is 12.1. The summed E-state index contributed by atoms with van der Waals surface area (Å²) in [5, 5.41) is 9.97. The van der Waals surface area contributed by atoms with Gasteiger partial charge in [-0.1, -0.05) is 0 Å². The molecule has 18 heavy (non-hydrogen) atoms. The third-order valence-electron chi connectivity index (χ3n) is 3.57. The van der Waals surface area contributed by atoms with E-state index in [1.165, 1.54) is 0 Å². The highest BCUT2D eigenvalue weighted by molar-refractivity contribution is 8.00. The van der Waals surface area contributed by atoms with Crippen molar-refractivity contribution in [2.75, 3.05) is 31.3 Å². The van der Waals surface area contributed by atoms with Crippen LogP contribution in [0.25, 0.3) is 0 Å². The third kappa shape index (κ3) is 3.38. The fourth-order valence-corrected chi connectivity index (χ4v) is 3.22. The first-order chi connectivity index (χ1) is 8.48. The topological polar surface area (TPSA) is 60.9 Å². The zero-order valence-electron chi connectivity index (χ0n) is 10.7. The minimum absolute atomic E-state index is 0.00329. The van der Waals surface area contributed by atoms with Crippen LogP contribution in [0.5, 0.6) is 0 Å². The Hall–Kier alpha value is -0.750. The van der Waals surface area contributed by atoms with E-state index in [1.807, 2.05) is 6.92 Å². The molecule has 0 saturated carbocycles. The second-order valence-corrected chi connectivity index (χ2v) is 6.26. The van der Waals surface area contributed by atoms with Gasteiger partial charge in [0.25, 0.3) is 0 Å². The lowest BCUT2D eigenvalue weighted by Gasteiger charge is -2.24. The molecule has 2 amide bonds. The van der Waals surface area contributed by atoms with Crippen LogP contribution >= 0.6 is 11.8 Å². The molecule has 0 aromatic carbocycles. The van der Waals surface area contributed by atoms with Gasteiger partial charge in [0.2, 0.25) is 11.8 Å². The first kappa shape index (κ1) is 13.7. The van der Waals surface area contributed by atoms with Gasteiger partial charge in [-0.05, 0) is 26.2 Å². The van der Waals surface area contributed by atoms with E-state index in [2.05, 4.69) is 0 Å². The van der Waals surface area contributed by atoms with Crippen LogP contribution in [0.2, 0.25) is 0 Å². The van der Waals surface area contributed by atoms with Crippen LogP contribution in [-0.4, -0.2) is 63.6 Å². The van der Waals surface area contributed by atoms with Crippen LogP contribution < -0.4 is 0 Å². The molecule has 2 saturated heterocycles. The zero-order valence-corrected chi connectivity index (χ0v) is 11.5. The quantitative estimate of drug-likeness (QED) is 0.784. The molecule has 0 aliphatic carbocycles. The molecule has 0 bridgehead atoms. The normalized spacial score (nSPS) is 29.6. The summed E-state index contributed by atoms with van der Waals surface area (Å²) in [6.45, 7) is 3.28. The van der Waals surface area contributed by atoms with E-state index >= 15 is 0 Å². The van der Waals surface area contributed by atoms with E-state index in [4.69, 9.17) is 0 Å². The number of aliphatic hydroxyl groups is 1. The summed E-state index contributed by atoms with van der Waals surface area (Å²) in [6.07, 6.45) is 2.16. The van der Waals surface area contributed by atoms with Gasteiger partial charge >= 0.3 is 0 Å². The smallest absolute Gasteiger partial charge is 0.242 e. The Morgan fingerprint density at radius 3 is 2.89 bits per heavy atom. The van der Waals surface area contributed by atoms with Crippen molar-refractivity contribution in [3.63, 3.8) is 0 Å². The maximum atomic E-state index is 12.1. The predicted molar refractivity (Wildman–Crippen MR) is 70.1 cm³/mol. The summed E-state index contributed by atoms with van der Waals surface area (Å²) in [7, 11) is 0. The second-order valence-electron chi connectivity index (χ2n) is 5.30. The van der Waals surface area contributed by atoms with Gasteiger partial charge in [-0.25, -0.2) is 0 Å². The molecule has 2 heterocycles. The minimum Gasteiger partial charge on any atom is -0.390 e. The van der Waals surface area contributed by atoms with Crippen molar-refractivity contribution in [2.24, 2.45) is 0 Å². The molecule has 0 aromatic heterocycles. The van der Waals surface area contributed by atoms with Crippen LogP contribution in [0.3, 0.4) is 0 Å². The monoisotopic (exact) mass is 272 g/mol. The molecule has 5 nitrogen and oxygen atoms in total. The van der Waals surface area contributed by atoms with Gasteiger partial charge in [0.1, 0.15) is 6.54 Å². The van der Waals surface area contributed by atoms with Crippen molar-refractivity contribution in [3.05, 3.63) is 0 Å². The lowest BCUT2D eigenvalue weighted by atomic mass is 9.98. The summed E-state index contributed by atoms with van der Waals surface area (Å²) in [5.41, 5.74) is -0.658. The van der Waals surface area contributed by atoms with Crippen molar-refractivity contribution in [1.29, 1.82) is 0 Å². The standard InChI is InChI=1S/C12H20N2O3S/c1-12(17)3-2-5-13(6-4-12)10(15)7-14-9-18-8-11(14)16/h17H,2-9H2,1H3. The largest absolute Gasteiger partial charge is 0.390 e. The molecule has 2 aliphatic rings. The van der Waals surface area contributed by atoms with Gasteiger partial charge in [-0.15, -0.1) is 11.8 Å².